The van der Waals surface area contributed by atoms with Crippen LogP contribution in [-0.4, -0.2) is 24.7 Å². The molecule has 0 aliphatic carbocycles. The van der Waals surface area contributed by atoms with Crippen LogP contribution < -0.4 is 10.1 Å². The minimum absolute atomic E-state index is 0.103. The summed E-state index contributed by atoms with van der Waals surface area (Å²) in [5, 5.41) is 4.18. The van der Waals surface area contributed by atoms with E-state index in [0.29, 0.717) is 23.8 Å². The maximum atomic E-state index is 13.2. The molecular weight excluding hydrogens is 496 g/mol. The zero-order chi connectivity index (χ0) is 27.6. The third kappa shape index (κ3) is 6.00. The monoisotopic (exact) mass is 531 g/mol. The third-order valence-corrected chi connectivity index (χ3v) is 7.78. The number of aromatic nitrogens is 1. The van der Waals surface area contributed by atoms with Crippen molar-refractivity contribution >= 4 is 27.9 Å². The van der Waals surface area contributed by atoms with Gasteiger partial charge < -0.3 is 19.2 Å². The number of rotatable bonds is 9. The van der Waals surface area contributed by atoms with Crippen molar-refractivity contribution < 1.29 is 18.3 Å². The van der Waals surface area contributed by atoms with E-state index in [2.05, 4.69) is 55.8 Å². The average Bonchev–Trinajstić information content (AvgIpc) is 3.13. The maximum Gasteiger partial charge on any atom is 0.251 e. The standard InChI is InChI=1S/C31H36N2O4S/c1-19(2)25-10-8-11-26(16-25)21(4)32-31(34)27-13-14-30-29(17-27)20(3)22(5)33(30)18-24-9-7-12-28(15-24)37-23(6)38(35)36/h7-17,19,21,23H,18H2,1-6H3,(H,32,34)(H,35,36)/p-1/t21-,23+/m0/s1. The molecular formula is C31H35N2O4S-. The van der Waals surface area contributed by atoms with Crippen LogP contribution in [0.4, 0.5) is 0 Å². The van der Waals surface area contributed by atoms with Crippen molar-refractivity contribution in [2.45, 2.75) is 65.5 Å². The summed E-state index contributed by atoms with van der Waals surface area (Å²) in [4.78, 5) is 13.2. The lowest BCUT2D eigenvalue weighted by atomic mass is 9.98. The van der Waals surface area contributed by atoms with Gasteiger partial charge in [0.05, 0.1) is 6.04 Å². The number of benzene rings is 3. The molecule has 1 unspecified atom stereocenters. The molecule has 4 aromatic rings. The summed E-state index contributed by atoms with van der Waals surface area (Å²) in [6, 6.07) is 21.6. The van der Waals surface area contributed by atoms with Gasteiger partial charge >= 0.3 is 0 Å². The van der Waals surface area contributed by atoms with Crippen LogP contribution >= 0.6 is 0 Å². The van der Waals surface area contributed by atoms with Crippen molar-refractivity contribution in [3.63, 3.8) is 0 Å². The number of hydrogen-bond acceptors (Lipinski definition) is 4. The van der Waals surface area contributed by atoms with Crippen LogP contribution in [0.25, 0.3) is 10.9 Å². The molecule has 38 heavy (non-hydrogen) atoms. The van der Waals surface area contributed by atoms with Crippen LogP contribution in [0.3, 0.4) is 0 Å². The average molecular weight is 532 g/mol. The van der Waals surface area contributed by atoms with Crippen LogP contribution in [0.5, 0.6) is 5.75 Å². The lowest BCUT2D eigenvalue weighted by Crippen LogP contribution is -2.26. The number of carbonyl (C=O) groups is 1. The summed E-state index contributed by atoms with van der Waals surface area (Å²) in [5.74, 6) is 0.836. The first-order valence-electron chi connectivity index (χ1n) is 12.9. The molecule has 1 heterocycles. The van der Waals surface area contributed by atoms with Gasteiger partial charge in [0.25, 0.3) is 5.91 Å². The van der Waals surface area contributed by atoms with Crippen LogP contribution in [0.1, 0.15) is 78.0 Å². The van der Waals surface area contributed by atoms with Gasteiger partial charge in [0.1, 0.15) is 5.75 Å². The maximum absolute atomic E-state index is 13.2. The van der Waals surface area contributed by atoms with E-state index in [1.54, 1.807) is 6.07 Å². The van der Waals surface area contributed by atoms with Gasteiger partial charge in [-0.1, -0.05) is 50.2 Å². The molecule has 1 aromatic heterocycles. The molecule has 6 nitrogen and oxygen atoms in total. The molecule has 0 spiro atoms. The van der Waals surface area contributed by atoms with Gasteiger partial charge in [-0.3, -0.25) is 9.00 Å². The SMILES string of the molecule is Cc1c(C)n(Cc2cccc(O[C@@H](C)S(=O)[O-])c2)c2ccc(C(=O)N[C@@H](C)c3cccc(C(C)C)c3)cc12. The minimum Gasteiger partial charge on any atom is -0.770 e. The van der Waals surface area contributed by atoms with E-state index in [1.165, 1.54) is 12.5 Å². The van der Waals surface area contributed by atoms with Crippen LogP contribution in [-0.2, 0) is 17.6 Å². The van der Waals surface area contributed by atoms with Gasteiger partial charge in [0.15, 0.2) is 5.44 Å². The molecule has 0 fully saturated rings. The van der Waals surface area contributed by atoms with Crippen LogP contribution in [0.2, 0.25) is 0 Å². The van der Waals surface area contributed by atoms with E-state index in [4.69, 9.17) is 4.74 Å². The topological polar surface area (TPSA) is 83.4 Å². The van der Waals surface area contributed by atoms with Crippen molar-refractivity contribution in [2.75, 3.05) is 0 Å². The summed E-state index contributed by atoms with van der Waals surface area (Å²) in [5.41, 5.74) is 6.30. The number of carbonyl (C=O) groups excluding carboxylic acids is 1. The molecule has 0 radical (unpaired) electrons. The fraction of sp³-hybridized carbons (Fsp3) is 0.323. The number of amides is 1. The molecule has 0 aliphatic rings. The van der Waals surface area contributed by atoms with E-state index >= 15 is 0 Å². The van der Waals surface area contributed by atoms with Crippen molar-refractivity contribution in [3.05, 3.63) is 100 Å². The van der Waals surface area contributed by atoms with Gasteiger partial charge in [-0.25, -0.2) is 0 Å². The van der Waals surface area contributed by atoms with Gasteiger partial charge in [0, 0.05) is 28.7 Å². The molecule has 7 heteroatoms. The zero-order valence-corrected chi connectivity index (χ0v) is 23.6. The molecule has 0 saturated heterocycles. The highest BCUT2D eigenvalue weighted by Gasteiger charge is 2.17. The molecule has 0 saturated carbocycles. The van der Waals surface area contributed by atoms with Gasteiger partial charge in [-0.05, 0) is 97.3 Å². The summed E-state index contributed by atoms with van der Waals surface area (Å²) in [7, 11) is 0. The highest BCUT2D eigenvalue weighted by atomic mass is 32.2. The van der Waals surface area contributed by atoms with Crippen molar-refractivity contribution in [1.29, 1.82) is 0 Å². The third-order valence-electron chi connectivity index (χ3n) is 7.14. The van der Waals surface area contributed by atoms with Gasteiger partial charge in [-0.15, -0.1) is 0 Å². The Morgan fingerprint density at radius 1 is 0.974 bits per heavy atom. The number of nitrogens with one attached hydrogen (secondary N) is 1. The second-order valence-corrected chi connectivity index (χ2v) is 11.3. The van der Waals surface area contributed by atoms with E-state index in [1.807, 2.05) is 49.4 Å². The Labute approximate surface area is 227 Å². The van der Waals surface area contributed by atoms with Crippen molar-refractivity contribution in [1.82, 2.24) is 9.88 Å². The highest BCUT2D eigenvalue weighted by molar-refractivity contribution is 7.79. The minimum atomic E-state index is -2.31. The molecule has 0 aliphatic heterocycles. The Bertz CT molecular complexity index is 1490. The first kappa shape index (κ1) is 27.6. The molecule has 3 aromatic carbocycles. The second kappa shape index (κ2) is 11.5. The molecule has 3 atom stereocenters. The molecule has 0 bridgehead atoms. The quantitative estimate of drug-likeness (QED) is 0.249. The fourth-order valence-electron chi connectivity index (χ4n) is 4.68. The van der Waals surface area contributed by atoms with Gasteiger partial charge in [-0.2, -0.15) is 0 Å². The first-order valence-corrected chi connectivity index (χ1v) is 14.0. The Kier molecular flexibility index (Phi) is 8.38. The summed E-state index contributed by atoms with van der Waals surface area (Å²) < 4.78 is 30.1. The zero-order valence-electron chi connectivity index (χ0n) is 22.8. The summed E-state index contributed by atoms with van der Waals surface area (Å²) >= 11 is -2.31. The summed E-state index contributed by atoms with van der Waals surface area (Å²) in [6.45, 7) is 12.6. The highest BCUT2D eigenvalue weighted by Crippen LogP contribution is 2.28. The predicted molar refractivity (Wildman–Crippen MR) is 152 cm³/mol. The van der Waals surface area contributed by atoms with E-state index in [9.17, 15) is 13.6 Å². The fourth-order valence-corrected chi connectivity index (χ4v) is 4.87. The molecule has 1 N–H and O–H groups in total. The van der Waals surface area contributed by atoms with E-state index in [0.717, 1.165) is 33.3 Å². The number of hydrogen-bond donors (Lipinski definition) is 1. The smallest absolute Gasteiger partial charge is 0.251 e. The van der Waals surface area contributed by atoms with Crippen molar-refractivity contribution in [3.8, 4) is 5.75 Å². The molecule has 4 rings (SSSR count). The van der Waals surface area contributed by atoms with E-state index in [-0.39, 0.29) is 11.9 Å². The Hall–Kier alpha value is -3.42. The summed E-state index contributed by atoms with van der Waals surface area (Å²) in [6.07, 6.45) is 0. The number of ether oxygens (including phenoxy) is 1. The van der Waals surface area contributed by atoms with Gasteiger partial charge in [0.2, 0.25) is 0 Å². The second-order valence-electron chi connectivity index (χ2n) is 10.1. The Morgan fingerprint density at radius 2 is 1.68 bits per heavy atom. The Morgan fingerprint density at radius 3 is 2.39 bits per heavy atom. The van der Waals surface area contributed by atoms with Crippen LogP contribution in [0, 0.1) is 13.8 Å². The van der Waals surface area contributed by atoms with E-state index < -0.39 is 16.5 Å². The lowest BCUT2D eigenvalue weighted by molar-refractivity contribution is 0.0940. The van der Waals surface area contributed by atoms with Crippen molar-refractivity contribution in [2.24, 2.45) is 0 Å². The number of nitrogens with zero attached hydrogens (tertiary/aromatic N) is 1. The molecule has 1 amide bonds. The normalized spacial score (nSPS) is 13.9. The molecule has 200 valence electrons. The predicted octanol–water partition coefficient (Wildman–Crippen LogP) is 6.52. The largest absolute Gasteiger partial charge is 0.770 e. The lowest BCUT2D eigenvalue weighted by Gasteiger charge is -2.18. The first-order chi connectivity index (χ1) is 18.0. The number of fused-ring (bicyclic) bond motifs is 1. The Balaban J connectivity index is 1.56. The number of aryl methyl sites for hydroxylation is 1. The van der Waals surface area contributed by atoms with Crippen LogP contribution in [0.15, 0.2) is 66.7 Å².